The summed E-state index contributed by atoms with van der Waals surface area (Å²) in [4.78, 5) is 16.9. The summed E-state index contributed by atoms with van der Waals surface area (Å²) in [5.41, 5.74) is 1.71. The van der Waals surface area contributed by atoms with Gasteiger partial charge in [0.2, 0.25) is 5.91 Å². The zero-order chi connectivity index (χ0) is 17.8. The number of anilines is 2. The summed E-state index contributed by atoms with van der Waals surface area (Å²) in [6.45, 7) is 5.27. The van der Waals surface area contributed by atoms with Crippen molar-refractivity contribution >= 4 is 28.9 Å². The summed E-state index contributed by atoms with van der Waals surface area (Å²) in [5.74, 6) is -0.611. The van der Waals surface area contributed by atoms with E-state index in [1.54, 1.807) is 0 Å². The first-order valence-corrected chi connectivity index (χ1v) is 8.72. The number of benzene rings is 2. The van der Waals surface area contributed by atoms with Crippen molar-refractivity contribution in [2.24, 2.45) is 0 Å². The summed E-state index contributed by atoms with van der Waals surface area (Å²) >= 11 is 5.76. The number of halogens is 2. The van der Waals surface area contributed by atoms with Crippen LogP contribution >= 0.6 is 11.6 Å². The molecule has 1 aliphatic heterocycles. The molecule has 1 amide bonds. The molecule has 1 atom stereocenters. The molecule has 2 aromatic carbocycles. The second kappa shape index (κ2) is 7.85. The van der Waals surface area contributed by atoms with Crippen LogP contribution in [-0.4, -0.2) is 43.0 Å². The Labute approximate surface area is 152 Å². The first-order chi connectivity index (χ1) is 12.0. The van der Waals surface area contributed by atoms with Crippen LogP contribution < -0.4 is 10.2 Å². The van der Waals surface area contributed by atoms with E-state index in [9.17, 15) is 9.18 Å². The van der Waals surface area contributed by atoms with Gasteiger partial charge in [0, 0.05) is 37.6 Å². The van der Waals surface area contributed by atoms with Gasteiger partial charge in [0.15, 0.2) is 0 Å². The van der Waals surface area contributed by atoms with E-state index in [0.717, 1.165) is 26.2 Å². The van der Waals surface area contributed by atoms with Crippen molar-refractivity contribution in [3.05, 3.63) is 59.4 Å². The highest BCUT2D eigenvalue weighted by Crippen LogP contribution is 2.20. The monoisotopic (exact) mass is 361 g/mol. The van der Waals surface area contributed by atoms with Crippen LogP contribution in [0.4, 0.5) is 15.8 Å². The summed E-state index contributed by atoms with van der Waals surface area (Å²) < 4.78 is 13.2. The topological polar surface area (TPSA) is 35.6 Å². The maximum Gasteiger partial charge on any atom is 0.241 e. The van der Waals surface area contributed by atoms with E-state index in [1.807, 2.05) is 25.1 Å². The van der Waals surface area contributed by atoms with Gasteiger partial charge >= 0.3 is 0 Å². The molecule has 2 aromatic rings. The highest BCUT2D eigenvalue weighted by Gasteiger charge is 2.25. The highest BCUT2D eigenvalue weighted by atomic mass is 35.5. The Bertz CT molecular complexity index is 733. The van der Waals surface area contributed by atoms with Crippen LogP contribution in [0.25, 0.3) is 0 Å². The molecular weight excluding hydrogens is 341 g/mol. The van der Waals surface area contributed by atoms with Crippen molar-refractivity contribution in [1.82, 2.24) is 4.90 Å². The largest absolute Gasteiger partial charge is 0.369 e. The Morgan fingerprint density at radius 2 is 1.80 bits per heavy atom. The molecule has 0 saturated carbocycles. The molecule has 0 radical (unpaired) electrons. The molecule has 4 nitrogen and oxygen atoms in total. The standard InChI is InChI=1S/C19H21ClFN3O/c1-14(19(25)22-15-7-8-18(21)17(20)13-15)23-9-11-24(12-10-23)16-5-3-2-4-6-16/h2-8,13-14H,9-12H2,1H3,(H,22,25)/t14-/m1/s1. The highest BCUT2D eigenvalue weighted by molar-refractivity contribution is 6.31. The first kappa shape index (κ1) is 17.7. The number of hydrogen-bond donors (Lipinski definition) is 1. The Balaban J connectivity index is 1.55. The number of nitrogens with one attached hydrogen (secondary N) is 1. The number of para-hydroxylation sites is 1. The van der Waals surface area contributed by atoms with Crippen LogP contribution in [0.3, 0.4) is 0 Å². The summed E-state index contributed by atoms with van der Waals surface area (Å²) in [7, 11) is 0. The molecule has 6 heteroatoms. The summed E-state index contributed by atoms with van der Waals surface area (Å²) in [6.07, 6.45) is 0. The predicted octanol–water partition coefficient (Wildman–Crippen LogP) is 3.63. The average molecular weight is 362 g/mol. The Hall–Kier alpha value is -2.11. The van der Waals surface area contributed by atoms with Gasteiger partial charge in [-0.3, -0.25) is 9.69 Å². The van der Waals surface area contributed by atoms with Gasteiger partial charge in [0.1, 0.15) is 5.82 Å². The van der Waals surface area contributed by atoms with E-state index in [2.05, 4.69) is 27.2 Å². The third kappa shape index (κ3) is 4.30. The lowest BCUT2D eigenvalue weighted by atomic mass is 10.2. The Kier molecular flexibility index (Phi) is 5.56. The number of amides is 1. The van der Waals surface area contributed by atoms with E-state index in [1.165, 1.54) is 23.9 Å². The predicted molar refractivity (Wildman–Crippen MR) is 99.7 cm³/mol. The molecule has 3 rings (SSSR count). The molecule has 132 valence electrons. The van der Waals surface area contributed by atoms with Crippen LogP contribution in [0.5, 0.6) is 0 Å². The van der Waals surface area contributed by atoms with Crippen LogP contribution in [0.2, 0.25) is 5.02 Å². The van der Waals surface area contributed by atoms with Crippen molar-refractivity contribution in [2.75, 3.05) is 36.4 Å². The third-order valence-corrected chi connectivity index (χ3v) is 4.84. The van der Waals surface area contributed by atoms with Crippen molar-refractivity contribution < 1.29 is 9.18 Å². The number of rotatable bonds is 4. The fourth-order valence-electron chi connectivity index (χ4n) is 2.99. The minimum atomic E-state index is -0.496. The smallest absolute Gasteiger partial charge is 0.241 e. The molecule has 0 bridgehead atoms. The van der Waals surface area contributed by atoms with Crippen molar-refractivity contribution in [2.45, 2.75) is 13.0 Å². The van der Waals surface area contributed by atoms with E-state index in [4.69, 9.17) is 11.6 Å². The maximum atomic E-state index is 13.2. The average Bonchev–Trinajstić information content (AvgIpc) is 2.65. The SMILES string of the molecule is C[C@H](C(=O)Nc1ccc(F)c(Cl)c1)N1CCN(c2ccccc2)CC1. The van der Waals surface area contributed by atoms with Crippen LogP contribution in [-0.2, 0) is 4.79 Å². The van der Waals surface area contributed by atoms with Gasteiger partial charge in [-0.1, -0.05) is 29.8 Å². The number of nitrogens with zero attached hydrogens (tertiary/aromatic N) is 2. The molecule has 1 aliphatic rings. The Morgan fingerprint density at radius 3 is 2.44 bits per heavy atom. The lowest BCUT2D eigenvalue weighted by Crippen LogP contribution is -2.52. The molecule has 0 unspecified atom stereocenters. The van der Waals surface area contributed by atoms with E-state index in [0.29, 0.717) is 5.69 Å². The molecule has 0 aromatic heterocycles. The van der Waals surface area contributed by atoms with Gasteiger partial charge in [-0.05, 0) is 37.3 Å². The van der Waals surface area contributed by atoms with Gasteiger partial charge in [0.05, 0.1) is 11.1 Å². The molecular formula is C19H21ClFN3O. The van der Waals surface area contributed by atoms with Gasteiger partial charge in [-0.25, -0.2) is 4.39 Å². The molecule has 1 fully saturated rings. The lowest BCUT2D eigenvalue weighted by Gasteiger charge is -2.38. The quantitative estimate of drug-likeness (QED) is 0.903. The van der Waals surface area contributed by atoms with Gasteiger partial charge in [-0.2, -0.15) is 0 Å². The minimum Gasteiger partial charge on any atom is -0.369 e. The van der Waals surface area contributed by atoms with Crippen LogP contribution in [0.15, 0.2) is 48.5 Å². The molecule has 1 N–H and O–H groups in total. The number of piperazine rings is 1. The normalized spacial score (nSPS) is 16.5. The number of carbonyl (C=O) groups excluding carboxylic acids is 1. The zero-order valence-corrected chi connectivity index (χ0v) is 14.8. The maximum absolute atomic E-state index is 13.2. The third-order valence-electron chi connectivity index (χ3n) is 4.55. The molecule has 0 aliphatic carbocycles. The summed E-state index contributed by atoms with van der Waals surface area (Å²) in [5, 5.41) is 2.81. The molecule has 0 spiro atoms. The lowest BCUT2D eigenvalue weighted by molar-refractivity contribution is -0.120. The minimum absolute atomic E-state index is 0.00179. The van der Waals surface area contributed by atoms with Gasteiger partial charge < -0.3 is 10.2 Å². The fraction of sp³-hybridized carbons (Fsp3) is 0.316. The summed E-state index contributed by atoms with van der Waals surface area (Å²) in [6, 6.07) is 14.2. The first-order valence-electron chi connectivity index (χ1n) is 8.34. The second-order valence-corrected chi connectivity index (χ2v) is 6.56. The van der Waals surface area contributed by atoms with E-state index < -0.39 is 5.82 Å². The Morgan fingerprint density at radius 1 is 1.12 bits per heavy atom. The molecule has 1 heterocycles. The number of carbonyl (C=O) groups is 1. The van der Waals surface area contributed by atoms with Crippen molar-refractivity contribution in [3.63, 3.8) is 0 Å². The fourth-order valence-corrected chi connectivity index (χ4v) is 3.17. The molecule has 25 heavy (non-hydrogen) atoms. The van der Waals surface area contributed by atoms with E-state index in [-0.39, 0.29) is 17.0 Å². The van der Waals surface area contributed by atoms with E-state index >= 15 is 0 Å². The molecule has 1 saturated heterocycles. The number of hydrogen-bond acceptors (Lipinski definition) is 3. The van der Waals surface area contributed by atoms with Gasteiger partial charge in [0.25, 0.3) is 0 Å². The van der Waals surface area contributed by atoms with Gasteiger partial charge in [-0.15, -0.1) is 0 Å². The van der Waals surface area contributed by atoms with Crippen molar-refractivity contribution in [1.29, 1.82) is 0 Å². The zero-order valence-electron chi connectivity index (χ0n) is 14.1. The van der Waals surface area contributed by atoms with Crippen molar-refractivity contribution in [3.8, 4) is 0 Å². The second-order valence-electron chi connectivity index (χ2n) is 6.15. The van der Waals surface area contributed by atoms with Crippen LogP contribution in [0, 0.1) is 5.82 Å². The van der Waals surface area contributed by atoms with Crippen LogP contribution in [0.1, 0.15) is 6.92 Å².